The third kappa shape index (κ3) is 5.55. The highest BCUT2D eigenvalue weighted by atomic mass is 32.1. The van der Waals surface area contributed by atoms with Crippen LogP contribution in [0.3, 0.4) is 0 Å². The van der Waals surface area contributed by atoms with Crippen molar-refractivity contribution in [1.29, 1.82) is 0 Å². The van der Waals surface area contributed by atoms with Crippen molar-refractivity contribution in [3.05, 3.63) is 34.7 Å². The molecule has 9 nitrogen and oxygen atoms in total. The number of hydrogen-bond donors (Lipinski definition) is 4. The van der Waals surface area contributed by atoms with Crippen LogP contribution in [0.2, 0.25) is 0 Å². The Morgan fingerprint density at radius 2 is 1.89 bits per heavy atom. The molecule has 0 spiro atoms. The van der Waals surface area contributed by atoms with Crippen molar-refractivity contribution in [2.24, 2.45) is 0 Å². The SMILES string of the molecule is CC(=O)NC(C)(C)[C@H](NC(=O)c1cc2cc(C(F)(F)P(=O)(O)O)ccc2s1)C(=O)N1CCC[C@H]1C. The van der Waals surface area contributed by atoms with Gasteiger partial charge >= 0.3 is 13.3 Å². The lowest BCUT2D eigenvalue weighted by Gasteiger charge is -2.37. The Balaban J connectivity index is 1.93. The van der Waals surface area contributed by atoms with Crippen molar-refractivity contribution in [1.82, 2.24) is 15.5 Å². The number of nitrogens with one attached hydrogen (secondary N) is 2. The van der Waals surface area contributed by atoms with E-state index in [9.17, 15) is 27.7 Å². The number of thiophene rings is 1. The van der Waals surface area contributed by atoms with Gasteiger partial charge in [-0.1, -0.05) is 6.07 Å². The molecule has 1 aliphatic heterocycles. The Morgan fingerprint density at radius 1 is 1.23 bits per heavy atom. The number of nitrogens with zero attached hydrogens (tertiary/aromatic N) is 1. The van der Waals surface area contributed by atoms with Gasteiger partial charge in [-0.05, 0) is 57.2 Å². The van der Waals surface area contributed by atoms with Crippen molar-refractivity contribution >= 4 is 46.7 Å². The molecule has 0 aliphatic carbocycles. The number of alkyl halides is 2. The molecule has 0 radical (unpaired) electrons. The smallest absolute Gasteiger partial charge is 0.349 e. The first-order chi connectivity index (χ1) is 16.0. The van der Waals surface area contributed by atoms with Gasteiger partial charge in [-0.3, -0.25) is 18.9 Å². The molecule has 3 rings (SSSR count). The minimum absolute atomic E-state index is 0.0199. The number of halogens is 2. The fraction of sp³-hybridized carbons (Fsp3) is 0.500. The molecule has 0 saturated carbocycles. The van der Waals surface area contributed by atoms with E-state index in [1.165, 1.54) is 19.1 Å². The van der Waals surface area contributed by atoms with Crippen molar-refractivity contribution in [3.8, 4) is 0 Å². The molecule has 0 bridgehead atoms. The molecule has 2 atom stereocenters. The lowest BCUT2D eigenvalue weighted by atomic mass is 9.92. The molecule has 1 saturated heterocycles. The molecule has 0 unspecified atom stereocenters. The van der Waals surface area contributed by atoms with E-state index in [-0.39, 0.29) is 28.1 Å². The zero-order chi connectivity index (χ0) is 26.3. The normalized spacial score (nSPS) is 17.9. The maximum absolute atomic E-state index is 14.1. The fourth-order valence-corrected chi connectivity index (χ4v) is 5.64. The molecule has 1 aromatic heterocycles. The Morgan fingerprint density at radius 3 is 2.43 bits per heavy atom. The monoisotopic (exact) mass is 531 g/mol. The molecule has 1 aliphatic rings. The van der Waals surface area contributed by atoms with Gasteiger partial charge in [0.1, 0.15) is 6.04 Å². The predicted molar refractivity (Wildman–Crippen MR) is 127 cm³/mol. The first-order valence-corrected chi connectivity index (χ1v) is 13.3. The average Bonchev–Trinajstić information content (AvgIpc) is 3.34. The summed E-state index contributed by atoms with van der Waals surface area (Å²) in [5.74, 6) is -1.36. The molecule has 1 aromatic carbocycles. The molecular formula is C22H28F2N3O6PS. The van der Waals surface area contributed by atoms with Crippen LogP contribution in [-0.4, -0.2) is 56.6 Å². The number of carbonyl (C=O) groups excluding carboxylic acids is 3. The van der Waals surface area contributed by atoms with Crippen LogP contribution in [-0.2, 0) is 19.8 Å². The second-order valence-corrected chi connectivity index (χ2v) is 12.0. The summed E-state index contributed by atoms with van der Waals surface area (Å²) in [7, 11) is -5.74. The third-order valence-corrected chi connectivity index (χ3v) is 8.14. The maximum Gasteiger partial charge on any atom is 0.399 e. The lowest BCUT2D eigenvalue weighted by molar-refractivity contribution is -0.136. The maximum atomic E-state index is 14.1. The minimum atomic E-state index is -5.74. The van der Waals surface area contributed by atoms with E-state index in [1.807, 2.05) is 6.92 Å². The van der Waals surface area contributed by atoms with Crippen molar-refractivity contribution < 1.29 is 37.5 Å². The topological polar surface area (TPSA) is 136 Å². The van der Waals surface area contributed by atoms with Gasteiger partial charge < -0.3 is 25.3 Å². The molecule has 2 heterocycles. The predicted octanol–water partition coefficient (Wildman–Crippen LogP) is 3.15. The zero-order valence-electron chi connectivity index (χ0n) is 19.7. The second kappa shape index (κ2) is 9.57. The molecule has 192 valence electrons. The van der Waals surface area contributed by atoms with Gasteiger partial charge in [-0.2, -0.15) is 8.78 Å². The highest BCUT2D eigenvalue weighted by molar-refractivity contribution is 7.52. The summed E-state index contributed by atoms with van der Waals surface area (Å²) >= 11 is 0.980. The highest BCUT2D eigenvalue weighted by Gasteiger charge is 2.50. The fourth-order valence-electron chi connectivity index (χ4n) is 4.22. The van der Waals surface area contributed by atoms with E-state index in [4.69, 9.17) is 9.79 Å². The first-order valence-electron chi connectivity index (χ1n) is 10.9. The second-order valence-electron chi connectivity index (χ2n) is 9.28. The van der Waals surface area contributed by atoms with E-state index < -0.39 is 36.3 Å². The van der Waals surface area contributed by atoms with Crippen LogP contribution in [0, 0.1) is 0 Å². The number of hydrogen-bond acceptors (Lipinski definition) is 5. The molecular weight excluding hydrogens is 503 g/mol. The Bertz CT molecular complexity index is 1210. The number of rotatable bonds is 7. The van der Waals surface area contributed by atoms with E-state index >= 15 is 0 Å². The van der Waals surface area contributed by atoms with Crippen molar-refractivity contribution in [3.63, 3.8) is 0 Å². The standard InChI is InChI=1S/C22H28F2N3O6PS/c1-12-6-5-9-27(12)20(30)18(21(3,4)26-13(2)28)25-19(29)17-11-14-10-15(7-8-16(14)35-17)22(23,24)34(31,32)33/h7-8,10-12,18H,5-6,9H2,1-4H3,(H,25,29)(H,26,28)(H2,31,32,33)/t12-,18-/m1/s1. The summed E-state index contributed by atoms with van der Waals surface area (Å²) < 4.78 is 39.9. The van der Waals surface area contributed by atoms with Crippen LogP contribution in [0.25, 0.3) is 10.1 Å². The highest BCUT2D eigenvalue weighted by Crippen LogP contribution is 2.59. The van der Waals surface area contributed by atoms with Crippen molar-refractivity contribution in [2.45, 2.75) is 63.8 Å². The summed E-state index contributed by atoms with van der Waals surface area (Å²) in [4.78, 5) is 58.1. The summed E-state index contributed by atoms with van der Waals surface area (Å²) in [5, 5.41) is 5.60. The van der Waals surface area contributed by atoms with E-state index in [0.29, 0.717) is 11.2 Å². The molecule has 35 heavy (non-hydrogen) atoms. The minimum Gasteiger partial charge on any atom is -0.349 e. The van der Waals surface area contributed by atoms with Crippen LogP contribution >= 0.6 is 18.9 Å². The summed E-state index contributed by atoms with van der Waals surface area (Å²) in [6.07, 6.45) is 1.65. The van der Waals surface area contributed by atoms with Crippen LogP contribution < -0.4 is 10.6 Å². The van der Waals surface area contributed by atoms with Crippen LogP contribution in [0.4, 0.5) is 8.78 Å². The Hall–Kier alpha value is -2.40. The molecule has 1 fully saturated rings. The van der Waals surface area contributed by atoms with Gasteiger partial charge in [-0.25, -0.2) is 0 Å². The van der Waals surface area contributed by atoms with Gasteiger partial charge in [0.15, 0.2) is 0 Å². The van der Waals surface area contributed by atoms with E-state index in [0.717, 1.165) is 36.3 Å². The number of fused-ring (bicyclic) bond motifs is 1. The quantitative estimate of drug-likeness (QED) is 0.406. The summed E-state index contributed by atoms with van der Waals surface area (Å²) in [5.41, 5.74) is -6.38. The summed E-state index contributed by atoms with van der Waals surface area (Å²) in [6.45, 7) is 6.99. The third-order valence-electron chi connectivity index (χ3n) is 6.03. The Kier molecular flexibility index (Phi) is 7.44. The van der Waals surface area contributed by atoms with E-state index in [1.54, 1.807) is 18.7 Å². The van der Waals surface area contributed by atoms with Gasteiger partial charge in [0, 0.05) is 29.8 Å². The number of benzene rings is 1. The largest absolute Gasteiger partial charge is 0.399 e. The lowest BCUT2D eigenvalue weighted by Crippen LogP contribution is -2.64. The van der Waals surface area contributed by atoms with Crippen LogP contribution in [0.1, 0.15) is 55.8 Å². The molecule has 4 N–H and O–H groups in total. The molecule has 3 amide bonds. The summed E-state index contributed by atoms with van der Waals surface area (Å²) in [6, 6.07) is 3.29. The number of amides is 3. The van der Waals surface area contributed by atoms with Gasteiger partial charge in [0.05, 0.1) is 10.4 Å². The Labute approximate surface area is 205 Å². The average molecular weight is 532 g/mol. The van der Waals surface area contributed by atoms with Gasteiger partial charge in [-0.15, -0.1) is 11.3 Å². The molecule has 2 aromatic rings. The van der Waals surface area contributed by atoms with E-state index in [2.05, 4.69) is 10.6 Å². The molecule has 13 heteroatoms. The van der Waals surface area contributed by atoms with Crippen LogP contribution in [0.15, 0.2) is 24.3 Å². The van der Waals surface area contributed by atoms with Crippen molar-refractivity contribution in [2.75, 3.05) is 6.54 Å². The number of likely N-dealkylation sites (tertiary alicyclic amines) is 1. The zero-order valence-corrected chi connectivity index (χ0v) is 21.4. The van der Waals surface area contributed by atoms with Gasteiger partial charge in [0.2, 0.25) is 11.8 Å². The van der Waals surface area contributed by atoms with Gasteiger partial charge in [0.25, 0.3) is 5.91 Å². The first kappa shape index (κ1) is 27.2. The number of carbonyl (C=O) groups is 3. The van der Waals surface area contributed by atoms with Crippen LogP contribution in [0.5, 0.6) is 0 Å².